The summed E-state index contributed by atoms with van der Waals surface area (Å²) in [5.41, 5.74) is 0.154. The van der Waals surface area contributed by atoms with Crippen LogP contribution in [0.3, 0.4) is 0 Å². The summed E-state index contributed by atoms with van der Waals surface area (Å²) in [7, 11) is 0. The largest absolute Gasteiger partial charge is 0.477 e. The molecule has 9 heteroatoms. The standard InChI is InChI=1S/C15H10Br2N2O4S/c1-7-12(20)18(5-8-2-3-9(16)10(17)4-8)15(23)19-6-11(14(21)22)24-13(7)19/h2-4,6H,5H2,1H3,(H,21,22). The molecule has 0 saturated heterocycles. The van der Waals surface area contributed by atoms with Gasteiger partial charge in [-0.25, -0.2) is 9.59 Å². The fourth-order valence-corrected chi connectivity index (χ4v) is 3.92. The first kappa shape index (κ1) is 17.1. The molecule has 24 heavy (non-hydrogen) atoms. The van der Waals surface area contributed by atoms with Crippen LogP contribution < -0.4 is 11.2 Å². The summed E-state index contributed by atoms with van der Waals surface area (Å²) in [5.74, 6) is -1.13. The lowest BCUT2D eigenvalue weighted by Gasteiger charge is -2.08. The van der Waals surface area contributed by atoms with Gasteiger partial charge >= 0.3 is 11.7 Å². The van der Waals surface area contributed by atoms with Gasteiger partial charge in [-0.3, -0.25) is 13.8 Å². The Morgan fingerprint density at radius 2 is 1.96 bits per heavy atom. The molecule has 2 heterocycles. The number of aromatic nitrogens is 2. The van der Waals surface area contributed by atoms with E-state index in [0.717, 1.165) is 30.4 Å². The van der Waals surface area contributed by atoms with Crippen molar-refractivity contribution in [2.24, 2.45) is 0 Å². The average molecular weight is 474 g/mol. The zero-order chi connectivity index (χ0) is 17.6. The first-order valence-corrected chi connectivity index (χ1v) is 9.12. The van der Waals surface area contributed by atoms with E-state index in [1.165, 1.54) is 10.6 Å². The third-order valence-corrected chi connectivity index (χ3v) is 6.61. The third kappa shape index (κ3) is 2.87. The average Bonchev–Trinajstić information content (AvgIpc) is 2.99. The molecule has 0 fully saturated rings. The van der Waals surface area contributed by atoms with Gasteiger partial charge in [0.15, 0.2) is 0 Å². The second-order valence-corrected chi connectivity index (χ2v) is 7.86. The van der Waals surface area contributed by atoms with Crippen molar-refractivity contribution < 1.29 is 9.90 Å². The minimum atomic E-state index is -1.13. The highest BCUT2D eigenvalue weighted by molar-refractivity contribution is 9.13. The first-order valence-electron chi connectivity index (χ1n) is 6.72. The predicted molar refractivity (Wildman–Crippen MR) is 98.4 cm³/mol. The zero-order valence-electron chi connectivity index (χ0n) is 12.2. The van der Waals surface area contributed by atoms with Gasteiger partial charge in [0.2, 0.25) is 0 Å². The van der Waals surface area contributed by atoms with Gasteiger partial charge in [-0.1, -0.05) is 6.07 Å². The van der Waals surface area contributed by atoms with Crippen molar-refractivity contribution in [3.63, 3.8) is 0 Å². The summed E-state index contributed by atoms with van der Waals surface area (Å²) in [6.07, 6.45) is 1.26. The molecule has 0 atom stereocenters. The van der Waals surface area contributed by atoms with Gasteiger partial charge < -0.3 is 5.11 Å². The molecule has 2 aromatic heterocycles. The highest BCUT2D eigenvalue weighted by Crippen LogP contribution is 2.24. The number of carbonyl (C=O) groups is 1. The van der Waals surface area contributed by atoms with Crippen molar-refractivity contribution in [2.45, 2.75) is 13.5 Å². The van der Waals surface area contributed by atoms with Crippen LogP contribution in [0.25, 0.3) is 4.83 Å². The number of hydrogen-bond acceptors (Lipinski definition) is 4. The Labute approximate surface area is 156 Å². The molecular formula is C15H10Br2N2O4S. The second-order valence-electron chi connectivity index (χ2n) is 5.12. The Balaban J connectivity index is 2.21. The lowest BCUT2D eigenvalue weighted by Crippen LogP contribution is -2.38. The summed E-state index contributed by atoms with van der Waals surface area (Å²) in [6, 6.07) is 5.44. The molecule has 0 spiro atoms. The van der Waals surface area contributed by atoms with Crippen molar-refractivity contribution >= 4 is 54.0 Å². The van der Waals surface area contributed by atoms with Crippen molar-refractivity contribution in [1.29, 1.82) is 0 Å². The van der Waals surface area contributed by atoms with E-state index in [1.54, 1.807) is 13.0 Å². The summed E-state index contributed by atoms with van der Waals surface area (Å²) in [6.45, 7) is 1.69. The molecule has 1 N–H and O–H groups in total. The summed E-state index contributed by atoms with van der Waals surface area (Å²) < 4.78 is 4.01. The van der Waals surface area contributed by atoms with E-state index in [2.05, 4.69) is 31.9 Å². The maximum atomic E-state index is 12.6. The Bertz CT molecular complexity index is 1100. The second kappa shape index (κ2) is 6.30. The minimum Gasteiger partial charge on any atom is -0.477 e. The van der Waals surface area contributed by atoms with E-state index < -0.39 is 17.2 Å². The molecule has 0 saturated carbocycles. The Hall–Kier alpha value is -1.71. The van der Waals surface area contributed by atoms with Crippen LogP contribution in [0.5, 0.6) is 0 Å². The van der Waals surface area contributed by atoms with Crippen LogP contribution in [0.1, 0.15) is 20.8 Å². The van der Waals surface area contributed by atoms with Gasteiger partial charge in [-0.05, 0) is 56.5 Å². The molecule has 0 bridgehead atoms. The molecule has 6 nitrogen and oxygen atoms in total. The quantitative estimate of drug-likeness (QED) is 0.633. The molecule has 1 aromatic carbocycles. The number of carboxylic acids is 1. The van der Waals surface area contributed by atoms with Gasteiger partial charge in [-0.15, -0.1) is 11.3 Å². The summed E-state index contributed by atoms with van der Waals surface area (Å²) in [5, 5.41) is 9.10. The SMILES string of the molecule is Cc1c(=O)n(Cc2ccc(Br)c(Br)c2)c(=O)n2cc(C(=O)O)sc12. The number of aryl methyl sites for hydroxylation is 1. The van der Waals surface area contributed by atoms with E-state index in [1.807, 2.05) is 12.1 Å². The molecule has 0 radical (unpaired) electrons. The number of rotatable bonds is 3. The van der Waals surface area contributed by atoms with E-state index in [-0.39, 0.29) is 11.4 Å². The number of hydrogen-bond donors (Lipinski definition) is 1. The molecule has 3 rings (SSSR count). The van der Waals surface area contributed by atoms with Crippen LogP contribution in [-0.4, -0.2) is 20.0 Å². The zero-order valence-corrected chi connectivity index (χ0v) is 16.2. The normalized spacial score (nSPS) is 11.1. The molecule has 3 aromatic rings. The fraction of sp³-hybridized carbons (Fsp3) is 0.133. The van der Waals surface area contributed by atoms with Crippen LogP contribution in [-0.2, 0) is 6.54 Å². The van der Waals surface area contributed by atoms with Crippen LogP contribution >= 0.6 is 43.2 Å². The van der Waals surface area contributed by atoms with Crippen LogP contribution in [0.15, 0.2) is 42.9 Å². The number of fused-ring (bicyclic) bond motifs is 1. The monoisotopic (exact) mass is 472 g/mol. The predicted octanol–water partition coefficient (Wildman–Crippen LogP) is 3.10. The molecule has 0 aliphatic heterocycles. The topological polar surface area (TPSA) is 80.8 Å². The van der Waals surface area contributed by atoms with Gasteiger partial charge in [0, 0.05) is 20.7 Å². The number of carboxylic acid groups (broad SMARTS) is 1. The Morgan fingerprint density at radius 1 is 1.25 bits per heavy atom. The van der Waals surface area contributed by atoms with E-state index in [0.29, 0.717) is 10.4 Å². The molecule has 0 aliphatic carbocycles. The van der Waals surface area contributed by atoms with Crippen molar-refractivity contribution in [2.75, 3.05) is 0 Å². The van der Waals surface area contributed by atoms with Crippen LogP contribution in [0.4, 0.5) is 0 Å². The lowest BCUT2D eigenvalue weighted by atomic mass is 10.2. The number of nitrogens with zero attached hydrogens (tertiary/aromatic N) is 2. The Morgan fingerprint density at radius 3 is 2.58 bits per heavy atom. The molecule has 0 amide bonds. The van der Waals surface area contributed by atoms with Crippen LogP contribution in [0.2, 0.25) is 0 Å². The Kier molecular flexibility index (Phi) is 4.50. The maximum Gasteiger partial charge on any atom is 0.347 e. The minimum absolute atomic E-state index is 0.0127. The van der Waals surface area contributed by atoms with E-state index in [4.69, 9.17) is 5.11 Å². The first-order chi connectivity index (χ1) is 11.3. The molecule has 0 unspecified atom stereocenters. The van der Waals surface area contributed by atoms with Crippen molar-refractivity contribution in [3.8, 4) is 0 Å². The summed E-state index contributed by atoms with van der Waals surface area (Å²) in [4.78, 5) is 36.6. The number of benzene rings is 1. The van der Waals surface area contributed by atoms with E-state index in [9.17, 15) is 14.4 Å². The third-order valence-electron chi connectivity index (χ3n) is 3.53. The van der Waals surface area contributed by atoms with Crippen molar-refractivity contribution in [3.05, 3.63) is 70.2 Å². The van der Waals surface area contributed by atoms with Crippen molar-refractivity contribution in [1.82, 2.24) is 8.97 Å². The molecular weight excluding hydrogens is 464 g/mol. The smallest absolute Gasteiger partial charge is 0.347 e. The number of halogens is 2. The van der Waals surface area contributed by atoms with Crippen LogP contribution in [0, 0.1) is 6.92 Å². The van der Waals surface area contributed by atoms with Gasteiger partial charge in [0.1, 0.15) is 9.71 Å². The summed E-state index contributed by atoms with van der Waals surface area (Å²) >= 11 is 7.67. The highest BCUT2D eigenvalue weighted by atomic mass is 79.9. The molecule has 0 aliphatic rings. The molecule has 124 valence electrons. The lowest BCUT2D eigenvalue weighted by molar-refractivity contribution is 0.0701. The highest BCUT2D eigenvalue weighted by Gasteiger charge is 2.17. The maximum absolute atomic E-state index is 12.6. The number of thiazole rings is 1. The number of aromatic carboxylic acids is 1. The fourth-order valence-electron chi connectivity index (χ4n) is 2.32. The van der Waals surface area contributed by atoms with Gasteiger partial charge in [0.05, 0.1) is 6.54 Å². The van der Waals surface area contributed by atoms with E-state index >= 15 is 0 Å². The van der Waals surface area contributed by atoms with Gasteiger partial charge in [0.25, 0.3) is 5.56 Å². The van der Waals surface area contributed by atoms with Gasteiger partial charge in [-0.2, -0.15) is 0 Å².